The predicted molar refractivity (Wildman–Crippen MR) is 58.9 cm³/mol. The third-order valence-electron chi connectivity index (χ3n) is 1.35. The van der Waals surface area contributed by atoms with Crippen LogP contribution in [0.1, 0.15) is 0 Å². The van der Waals surface area contributed by atoms with Crippen LogP contribution in [-0.4, -0.2) is 13.3 Å². The first-order valence-corrected chi connectivity index (χ1v) is 6.59. The van der Waals surface area contributed by atoms with Crippen molar-refractivity contribution in [2.75, 3.05) is 0 Å². The van der Waals surface area contributed by atoms with E-state index < -0.39 is 14.0 Å². The summed E-state index contributed by atoms with van der Waals surface area (Å²) in [6.45, 7) is 0. The molecule has 0 atom stereocenters. The van der Waals surface area contributed by atoms with Gasteiger partial charge in [-0.05, 0) is 28.7 Å². The largest absolute Gasteiger partial charge is 0.271 e. The zero-order chi connectivity index (χ0) is 10.9. The normalized spacial score (nSPS) is 11.3. The van der Waals surface area contributed by atoms with Crippen molar-refractivity contribution in [3.05, 3.63) is 31.9 Å². The summed E-state index contributed by atoms with van der Waals surface area (Å²) in [5.74, 6) is 0. The van der Waals surface area contributed by atoms with E-state index >= 15 is 0 Å². The highest BCUT2D eigenvalue weighted by molar-refractivity contribution is 14.1. The van der Waals surface area contributed by atoms with Gasteiger partial charge >= 0.3 is 0 Å². The minimum atomic E-state index is -3.92. The lowest BCUT2D eigenvalue weighted by Gasteiger charge is -1.97. The Kier molecular flexibility index (Phi) is 3.32. The highest BCUT2D eigenvalue weighted by Crippen LogP contribution is 2.24. The molecule has 0 aliphatic rings. The molecule has 0 spiro atoms. The number of hydrogen-bond acceptors (Lipinski definition) is 4. The SMILES string of the molecule is O=[N+]([O-])c1cc(I)cc(S(=O)(=O)Cl)c1. The molecular weight excluding hydrogens is 344 g/mol. The highest BCUT2D eigenvalue weighted by Gasteiger charge is 2.16. The van der Waals surface area contributed by atoms with Crippen LogP contribution >= 0.6 is 33.3 Å². The Morgan fingerprint density at radius 3 is 2.36 bits per heavy atom. The zero-order valence-corrected chi connectivity index (χ0v) is 10.2. The van der Waals surface area contributed by atoms with Gasteiger partial charge in [0.05, 0.1) is 9.82 Å². The van der Waals surface area contributed by atoms with Gasteiger partial charge in [0.15, 0.2) is 0 Å². The van der Waals surface area contributed by atoms with E-state index in [9.17, 15) is 18.5 Å². The van der Waals surface area contributed by atoms with Crippen molar-refractivity contribution in [2.45, 2.75) is 4.90 Å². The van der Waals surface area contributed by atoms with Gasteiger partial charge in [-0.25, -0.2) is 8.42 Å². The van der Waals surface area contributed by atoms with Gasteiger partial charge in [-0.3, -0.25) is 10.1 Å². The average molecular weight is 348 g/mol. The van der Waals surface area contributed by atoms with Crippen LogP contribution in [0.4, 0.5) is 5.69 Å². The molecule has 0 N–H and O–H groups in total. The van der Waals surface area contributed by atoms with Gasteiger partial charge in [0.25, 0.3) is 14.7 Å². The lowest BCUT2D eigenvalue weighted by atomic mass is 10.3. The topological polar surface area (TPSA) is 77.3 Å². The second kappa shape index (κ2) is 3.99. The van der Waals surface area contributed by atoms with Gasteiger partial charge in [-0.1, -0.05) is 0 Å². The van der Waals surface area contributed by atoms with Crippen LogP contribution in [0, 0.1) is 13.7 Å². The quantitative estimate of drug-likeness (QED) is 0.355. The molecule has 0 fully saturated rings. The smallest absolute Gasteiger partial charge is 0.258 e. The van der Waals surface area contributed by atoms with Crippen molar-refractivity contribution in [1.82, 2.24) is 0 Å². The third-order valence-corrected chi connectivity index (χ3v) is 3.30. The van der Waals surface area contributed by atoms with Gasteiger partial charge in [-0.2, -0.15) is 0 Å². The summed E-state index contributed by atoms with van der Waals surface area (Å²) in [7, 11) is 1.14. The van der Waals surface area contributed by atoms with Crippen molar-refractivity contribution in [3.63, 3.8) is 0 Å². The third kappa shape index (κ3) is 2.79. The minimum absolute atomic E-state index is 0.266. The molecule has 0 saturated carbocycles. The number of benzene rings is 1. The fourth-order valence-electron chi connectivity index (χ4n) is 0.794. The highest BCUT2D eigenvalue weighted by atomic mass is 127. The summed E-state index contributed by atoms with van der Waals surface area (Å²) in [5.41, 5.74) is -0.295. The molecule has 0 radical (unpaired) electrons. The first-order valence-electron chi connectivity index (χ1n) is 3.20. The second-order valence-electron chi connectivity index (χ2n) is 2.34. The van der Waals surface area contributed by atoms with Crippen LogP contribution in [-0.2, 0) is 9.05 Å². The molecule has 0 aliphatic heterocycles. The van der Waals surface area contributed by atoms with Gasteiger partial charge in [0, 0.05) is 26.4 Å². The maximum absolute atomic E-state index is 10.9. The van der Waals surface area contributed by atoms with E-state index in [4.69, 9.17) is 10.7 Å². The Morgan fingerprint density at radius 1 is 1.36 bits per heavy atom. The molecule has 0 amide bonds. The molecule has 1 aromatic carbocycles. The molecule has 0 unspecified atom stereocenters. The second-order valence-corrected chi connectivity index (χ2v) is 6.15. The van der Waals surface area contributed by atoms with Crippen molar-refractivity contribution < 1.29 is 13.3 Å². The maximum atomic E-state index is 10.9. The monoisotopic (exact) mass is 347 g/mol. The molecule has 0 bridgehead atoms. The van der Waals surface area contributed by atoms with Gasteiger partial charge in [-0.15, -0.1) is 0 Å². The van der Waals surface area contributed by atoms with Gasteiger partial charge < -0.3 is 0 Å². The summed E-state index contributed by atoms with van der Waals surface area (Å²) in [6.07, 6.45) is 0. The fraction of sp³-hybridized carbons (Fsp3) is 0. The molecule has 76 valence electrons. The number of non-ortho nitro benzene ring substituents is 1. The Morgan fingerprint density at radius 2 is 1.93 bits per heavy atom. The van der Waals surface area contributed by atoms with Crippen LogP contribution in [0.15, 0.2) is 23.1 Å². The molecular formula is C6H3ClINO4S. The summed E-state index contributed by atoms with van der Waals surface area (Å²) in [4.78, 5) is 9.46. The molecule has 0 aliphatic carbocycles. The lowest BCUT2D eigenvalue weighted by Crippen LogP contribution is -1.95. The van der Waals surface area contributed by atoms with Gasteiger partial charge in [0.2, 0.25) is 0 Å². The number of hydrogen-bond donors (Lipinski definition) is 0. The van der Waals surface area contributed by atoms with Crippen LogP contribution in [0.25, 0.3) is 0 Å². The molecule has 0 heterocycles. The molecule has 0 saturated heterocycles. The summed E-state index contributed by atoms with van der Waals surface area (Å²) in [6, 6.07) is 3.44. The van der Waals surface area contributed by atoms with Crippen LogP contribution in [0.3, 0.4) is 0 Å². The Balaban J connectivity index is 3.43. The van der Waals surface area contributed by atoms with Crippen LogP contribution in [0.2, 0.25) is 0 Å². The van der Waals surface area contributed by atoms with Crippen LogP contribution in [0.5, 0.6) is 0 Å². The first kappa shape index (κ1) is 11.7. The standard InChI is InChI=1S/C6H3ClINO4S/c7-14(12,13)6-2-4(8)1-5(3-6)9(10)11/h1-3H. The fourth-order valence-corrected chi connectivity index (χ4v) is 2.46. The number of nitrogens with zero attached hydrogens (tertiary/aromatic N) is 1. The molecule has 14 heavy (non-hydrogen) atoms. The maximum Gasteiger partial charge on any atom is 0.271 e. The van der Waals surface area contributed by atoms with Crippen molar-refractivity contribution in [3.8, 4) is 0 Å². The van der Waals surface area contributed by atoms with E-state index in [1.54, 1.807) is 22.6 Å². The zero-order valence-electron chi connectivity index (χ0n) is 6.48. The molecule has 1 rings (SSSR count). The van der Waals surface area contributed by atoms with Crippen molar-refractivity contribution >= 4 is 48.0 Å². The Labute approximate surface area is 97.8 Å². The number of halogens is 2. The van der Waals surface area contributed by atoms with E-state index in [0.29, 0.717) is 3.57 Å². The molecule has 8 heteroatoms. The summed E-state index contributed by atoms with van der Waals surface area (Å²) >= 11 is 1.78. The van der Waals surface area contributed by atoms with E-state index in [1.165, 1.54) is 12.1 Å². The van der Waals surface area contributed by atoms with E-state index in [1.807, 2.05) is 0 Å². The van der Waals surface area contributed by atoms with Crippen LogP contribution < -0.4 is 0 Å². The number of nitro groups is 1. The molecule has 0 aromatic heterocycles. The first-order chi connectivity index (χ1) is 6.30. The Bertz CT molecular complexity index is 487. The number of rotatable bonds is 2. The minimum Gasteiger partial charge on any atom is -0.258 e. The van der Waals surface area contributed by atoms with Crippen molar-refractivity contribution in [2.24, 2.45) is 0 Å². The molecule has 5 nitrogen and oxygen atoms in total. The number of nitro benzene ring substituents is 1. The van der Waals surface area contributed by atoms with Gasteiger partial charge in [0.1, 0.15) is 0 Å². The lowest BCUT2D eigenvalue weighted by molar-refractivity contribution is -0.385. The predicted octanol–water partition coefficient (Wildman–Crippen LogP) is 2.13. The summed E-state index contributed by atoms with van der Waals surface area (Å²) in [5, 5.41) is 10.4. The summed E-state index contributed by atoms with van der Waals surface area (Å²) < 4.78 is 22.2. The van der Waals surface area contributed by atoms with E-state index in [0.717, 1.165) is 6.07 Å². The molecule has 1 aromatic rings. The van der Waals surface area contributed by atoms with E-state index in [-0.39, 0.29) is 10.6 Å². The Hall–Kier alpha value is -0.410. The van der Waals surface area contributed by atoms with Crippen molar-refractivity contribution in [1.29, 1.82) is 0 Å². The average Bonchev–Trinajstić information content (AvgIpc) is 2.01. The van der Waals surface area contributed by atoms with E-state index in [2.05, 4.69) is 0 Å².